The first kappa shape index (κ1) is 36.3. The molecule has 0 aliphatic heterocycles. The number of carboxylic acid groups (broad SMARTS) is 1. The minimum absolute atomic E-state index is 0.124. The molecule has 1 aromatic carbocycles. The number of carbonyl (C=O) groups is 1. The van der Waals surface area contributed by atoms with Gasteiger partial charge in [-0.05, 0) is 18.9 Å². The van der Waals surface area contributed by atoms with Gasteiger partial charge in [0.15, 0.2) is 0 Å². The number of carboxylic acids is 1. The van der Waals surface area contributed by atoms with E-state index in [4.69, 9.17) is 5.11 Å². The van der Waals surface area contributed by atoms with E-state index in [1.807, 2.05) is 0 Å². The SMILES string of the molecule is CCCCCCCCCCCCCCCCCC[N+](CCO)(CCO)CCO.O=C(O)c1ccccc1[O-]. The quantitative estimate of drug-likeness (QED) is 0.102. The predicted octanol–water partition coefficient (Wildman–Crippen LogP) is 5.50. The molecular weight excluding hydrogens is 482 g/mol. The number of aliphatic hydroxyl groups is 3. The maximum Gasteiger partial charge on any atom is 0.335 e. The molecule has 0 aliphatic carbocycles. The average molecular weight is 540 g/mol. The molecule has 0 amide bonds. The molecule has 0 aliphatic rings. The number of unbranched alkanes of at least 4 members (excludes halogenated alkanes) is 15. The van der Waals surface area contributed by atoms with Crippen LogP contribution in [0.4, 0.5) is 0 Å². The Balaban J connectivity index is 0.00000113. The molecular formula is C31H57NO6. The van der Waals surface area contributed by atoms with Crippen LogP contribution >= 0.6 is 0 Å². The summed E-state index contributed by atoms with van der Waals surface area (Å²) in [6, 6.07) is 5.54. The van der Waals surface area contributed by atoms with E-state index in [2.05, 4.69) is 6.92 Å². The molecule has 4 N–H and O–H groups in total. The zero-order chi connectivity index (χ0) is 28.3. The summed E-state index contributed by atoms with van der Waals surface area (Å²) in [7, 11) is 0. The highest BCUT2D eigenvalue weighted by Gasteiger charge is 2.25. The number of nitrogens with zero attached hydrogens (tertiary/aromatic N) is 1. The molecule has 0 fully saturated rings. The van der Waals surface area contributed by atoms with Crippen LogP contribution in [0, 0.1) is 0 Å². The third-order valence-corrected chi connectivity index (χ3v) is 7.33. The molecule has 0 radical (unpaired) electrons. The van der Waals surface area contributed by atoms with Crippen LogP contribution in [0.2, 0.25) is 0 Å². The van der Waals surface area contributed by atoms with Crippen molar-refractivity contribution in [1.29, 1.82) is 0 Å². The van der Waals surface area contributed by atoms with Crippen molar-refractivity contribution < 1.29 is 34.8 Å². The smallest absolute Gasteiger partial charge is 0.335 e. The minimum atomic E-state index is -1.18. The lowest BCUT2D eigenvalue weighted by Gasteiger charge is -2.37. The molecule has 0 saturated carbocycles. The van der Waals surface area contributed by atoms with Crippen molar-refractivity contribution in [3.05, 3.63) is 29.8 Å². The Labute approximate surface area is 232 Å². The highest BCUT2D eigenvalue weighted by atomic mass is 16.4. The fraction of sp³-hybridized carbons (Fsp3) is 0.774. The molecule has 0 aromatic heterocycles. The van der Waals surface area contributed by atoms with Gasteiger partial charge in [-0.1, -0.05) is 121 Å². The molecule has 0 heterocycles. The molecule has 0 atom stereocenters. The number of hydrogen-bond donors (Lipinski definition) is 4. The summed E-state index contributed by atoms with van der Waals surface area (Å²) in [5.74, 6) is -1.62. The van der Waals surface area contributed by atoms with Gasteiger partial charge in [-0.2, -0.15) is 0 Å². The summed E-state index contributed by atoms with van der Waals surface area (Å²) < 4.78 is 0.655. The van der Waals surface area contributed by atoms with Crippen LogP contribution in [0.25, 0.3) is 0 Å². The highest BCUT2D eigenvalue weighted by molar-refractivity contribution is 5.90. The largest absolute Gasteiger partial charge is 0.872 e. The molecule has 7 heteroatoms. The molecule has 38 heavy (non-hydrogen) atoms. The Morgan fingerprint density at radius 1 is 0.632 bits per heavy atom. The Bertz CT molecular complexity index is 653. The lowest BCUT2D eigenvalue weighted by molar-refractivity contribution is -0.929. The predicted molar refractivity (Wildman–Crippen MR) is 153 cm³/mol. The summed E-state index contributed by atoms with van der Waals surface area (Å²) >= 11 is 0. The summed E-state index contributed by atoms with van der Waals surface area (Å²) in [6.45, 7) is 5.53. The molecule has 222 valence electrons. The highest BCUT2D eigenvalue weighted by Crippen LogP contribution is 2.15. The normalized spacial score (nSPS) is 11.3. The van der Waals surface area contributed by atoms with E-state index >= 15 is 0 Å². The van der Waals surface area contributed by atoms with E-state index in [1.54, 1.807) is 0 Å². The van der Waals surface area contributed by atoms with Gasteiger partial charge in [0.25, 0.3) is 0 Å². The Kier molecular flexibility index (Phi) is 24.5. The Hall–Kier alpha value is -1.67. The molecule has 0 unspecified atom stereocenters. The van der Waals surface area contributed by atoms with Gasteiger partial charge >= 0.3 is 5.97 Å². The first-order valence-corrected chi connectivity index (χ1v) is 15.1. The Morgan fingerprint density at radius 2 is 1.00 bits per heavy atom. The van der Waals surface area contributed by atoms with E-state index in [0.717, 1.165) is 13.0 Å². The lowest BCUT2D eigenvalue weighted by Crippen LogP contribution is -2.53. The van der Waals surface area contributed by atoms with Gasteiger partial charge in [-0.15, -0.1) is 0 Å². The van der Waals surface area contributed by atoms with Crippen LogP contribution in [0.15, 0.2) is 24.3 Å². The third-order valence-electron chi connectivity index (χ3n) is 7.33. The molecule has 0 bridgehead atoms. The van der Waals surface area contributed by atoms with E-state index in [0.29, 0.717) is 24.1 Å². The van der Waals surface area contributed by atoms with Crippen LogP contribution < -0.4 is 5.11 Å². The van der Waals surface area contributed by atoms with Gasteiger partial charge < -0.3 is 30.0 Å². The van der Waals surface area contributed by atoms with Gasteiger partial charge in [0, 0.05) is 0 Å². The monoisotopic (exact) mass is 539 g/mol. The molecule has 1 rings (SSSR count). The second-order valence-corrected chi connectivity index (χ2v) is 10.5. The van der Waals surface area contributed by atoms with E-state index in [-0.39, 0.29) is 25.4 Å². The van der Waals surface area contributed by atoms with Crippen LogP contribution in [-0.2, 0) is 0 Å². The van der Waals surface area contributed by atoms with Crippen LogP contribution in [0.1, 0.15) is 120 Å². The van der Waals surface area contributed by atoms with Crippen molar-refractivity contribution in [1.82, 2.24) is 0 Å². The van der Waals surface area contributed by atoms with Crippen molar-refractivity contribution in [2.24, 2.45) is 0 Å². The molecule has 7 nitrogen and oxygen atoms in total. The van der Waals surface area contributed by atoms with Gasteiger partial charge in [0.05, 0.1) is 31.9 Å². The van der Waals surface area contributed by atoms with Crippen molar-refractivity contribution in [3.8, 4) is 5.75 Å². The number of aromatic carboxylic acids is 1. The molecule has 0 saturated heterocycles. The van der Waals surface area contributed by atoms with Crippen molar-refractivity contribution >= 4 is 5.97 Å². The zero-order valence-electron chi connectivity index (χ0n) is 24.1. The first-order valence-electron chi connectivity index (χ1n) is 15.1. The number of rotatable bonds is 24. The average Bonchev–Trinajstić information content (AvgIpc) is 2.89. The molecule has 0 spiro atoms. The van der Waals surface area contributed by atoms with E-state index in [1.165, 1.54) is 121 Å². The summed E-state index contributed by atoms with van der Waals surface area (Å²) in [5, 5.41) is 47.0. The van der Waals surface area contributed by atoms with Gasteiger partial charge in [-0.3, -0.25) is 0 Å². The first-order chi connectivity index (χ1) is 18.5. The fourth-order valence-corrected chi connectivity index (χ4v) is 4.95. The number of quaternary nitrogens is 1. The molecule has 1 aromatic rings. The van der Waals surface area contributed by atoms with E-state index in [9.17, 15) is 25.2 Å². The number of hydrogen-bond acceptors (Lipinski definition) is 5. The van der Waals surface area contributed by atoms with Gasteiger partial charge in [0.2, 0.25) is 0 Å². The second-order valence-electron chi connectivity index (χ2n) is 10.5. The number of aliphatic hydroxyl groups excluding tert-OH is 3. The maximum absolute atomic E-state index is 10.7. The van der Waals surface area contributed by atoms with Crippen molar-refractivity contribution in [2.45, 2.75) is 110 Å². The van der Waals surface area contributed by atoms with Crippen LogP contribution in [0.5, 0.6) is 5.75 Å². The minimum Gasteiger partial charge on any atom is -0.872 e. The standard InChI is InChI=1S/C24H52NO3.C7H6O3/c1-2-3-4-5-6-7-8-9-10-11-12-13-14-15-16-17-18-25(19-22-26,20-23-27)21-24-28;8-6-4-2-1-3-5(6)7(9)10/h26-28H,2-24H2,1H3;1-4,8H,(H,9,10)/q+1;/p-1. The van der Waals surface area contributed by atoms with Gasteiger partial charge in [-0.25, -0.2) is 4.79 Å². The van der Waals surface area contributed by atoms with Crippen LogP contribution in [-0.4, -0.2) is 76.9 Å². The van der Waals surface area contributed by atoms with Crippen LogP contribution in [0.3, 0.4) is 0 Å². The number of benzene rings is 1. The summed E-state index contributed by atoms with van der Waals surface area (Å²) in [6.07, 6.45) is 21.9. The van der Waals surface area contributed by atoms with Crippen molar-refractivity contribution in [2.75, 3.05) is 46.0 Å². The summed E-state index contributed by atoms with van der Waals surface area (Å²) in [4.78, 5) is 10.2. The van der Waals surface area contributed by atoms with Crippen molar-refractivity contribution in [3.63, 3.8) is 0 Å². The zero-order valence-corrected chi connectivity index (χ0v) is 24.1. The Morgan fingerprint density at radius 3 is 1.32 bits per heavy atom. The lowest BCUT2D eigenvalue weighted by atomic mass is 10.0. The summed E-state index contributed by atoms with van der Waals surface area (Å²) in [5.41, 5.74) is -0.178. The topological polar surface area (TPSA) is 121 Å². The maximum atomic E-state index is 10.7. The van der Waals surface area contributed by atoms with Gasteiger partial charge in [0.1, 0.15) is 19.6 Å². The van der Waals surface area contributed by atoms with E-state index < -0.39 is 11.7 Å². The third kappa shape index (κ3) is 19.4. The number of para-hydroxylation sites is 1. The second kappa shape index (κ2) is 25.6. The fourth-order valence-electron chi connectivity index (χ4n) is 4.95.